The predicted octanol–water partition coefficient (Wildman–Crippen LogP) is 6.22. The molecule has 2 aromatic heterocycles. The number of nitrogen functional groups attached to an aromatic ring is 1. The van der Waals surface area contributed by atoms with Gasteiger partial charge in [0.2, 0.25) is 5.95 Å². The Morgan fingerprint density at radius 2 is 1.92 bits per heavy atom. The highest BCUT2D eigenvalue weighted by molar-refractivity contribution is 7.24. The molecule has 0 unspecified atom stereocenters. The molecule has 0 saturated carbocycles. The van der Waals surface area contributed by atoms with E-state index in [-0.39, 0.29) is 5.02 Å². The second-order valence-corrected chi connectivity index (χ2v) is 7.10. The lowest BCUT2D eigenvalue weighted by atomic mass is 10.0. The van der Waals surface area contributed by atoms with Crippen molar-refractivity contribution in [3.63, 3.8) is 0 Å². The Morgan fingerprint density at radius 3 is 2.69 bits per heavy atom. The van der Waals surface area contributed by atoms with Crippen LogP contribution in [0.4, 0.5) is 25.2 Å². The van der Waals surface area contributed by atoms with Gasteiger partial charge in [0, 0.05) is 28.0 Å². The molecular weight excluding hydrogens is 376 g/mol. The monoisotopic (exact) mass is 387 g/mol. The molecule has 0 radical (unpaired) electrons. The third kappa shape index (κ3) is 2.98. The summed E-state index contributed by atoms with van der Waals surface area (Å²) in [5, 5.41) is 4.69. The van der Waals surface area contributed by atoms with Gasteiger partial charge in [-0.3, -0.25) is 0 Å². The third-order valence-corrected chi connectivity index (χ3v) is 5.33. The molecule has 0 bridgehead atoms. The molecule has 2 aromatic carbocycles. The van der Waals surface area contributed by atoms with Crippen LogP contribution in [0.5, 0.6) is 0 Å². The highest BCUT2D eigenvalue weighted by Gasteiger charge is 2.15. The number of nitrogens with zero attached hydrogens (tertiary/aromatic N) is 1. The van der Waals surface area contributed by atoms with E-state index < -0.39 is 11.8 Å². The molecule has 0 atom stereocenters. The average Bonchev–Trinajstić information content (AvgIpc) is 2.94. The van der Waals surface area contributed by atoms with Crippen LogP contribution in [0, 0.1) is 11.8 Å². The zero-order valence-electron chi connectivity index (χ0n) is 13.3. The lowest BCUT2D eigenvalue weighted by Crippen LogP contribution is -1.93. The Balaban J connectivity index is 1.83. The smallest absolute Gasteiger partial charge is 0.213 e. The maximum atomic E-state index is 13.5. The van der Waals surface area contributed by atoms with Gasteiger partial charge in [0.15, 0.2) is 0 Å². The third-order valence-electron chi connectivity index (χ3n) is 3.97. The summed E-state index contributed by atoms with van der Waals surface area (Å²) in [5.41, 5.74) is 9.14. The van der Waals surface area contributed by atoms with Crippen molar-refractivity contribution >= 4 is 49.4 Å². The van der Waals surface area contributed by atoms with E-state index in [2.05, 4.69) is 10.3 Å². The van der Waals surface area contributed by atoms with Crippen molar-refractivity contribution in [2.45, 2.75) is 0 Å². The van der Waals surface area contributed by atoms with Crippen LogP contribution in [0.3, 0.4) is 0 Å². The van der Waals surface area contributed by atoms with Crippen molar-refractivity contribution in [3.8, 4) is 11.1 Å². The fraction of sp³-hybridized carbons (Fsp3) is 0. The second kappa shape index (κ2) is 6.55. The maximum Gasteiger partial charge on any atom is 0.213 e. The largest absolute Gasteiger partial charge is 0.389 e. The zero-order valence-corrected chi connectivity index (χ0v) is 14.8. The number of fused-ring (bicyclic) bond motifs is 1. The minimum absolute atomic E-state index is 0.0288. The molecule has 0 aliphatic heterocycles. The van der Waals surface area contributed by atoms with E-state index in [1.807, 2.05) is 18.2 Å². The Hall–Kier alpha value is -2.70. The van der Waals surface area contributed by atoms with Gasteiger partial charge in [-0.05, 0) is 35.4 Å². The molecular formula is C19H12ClF2N3S. The van der Waals surface area contributed by atoms with Crippen LogP contribution < -0.4 is 11.1 Å². The SMILES string of the molecule is Nc1sc2c(-c3ccnc(F)c3)cccc2c1Nc1ccc(F)c(Cl)c1. The van der Waals surface area contributed by atoms with Crippen molar-refractivity contribution in [1.82, 2.24) is 4.98 Å². The van der Waals surface area contributed by atoms with Gasteiger partial charge in [-0.25, -0.2) is 9.37 Å². The molecule has 2 heterocycles. The first-order chi connectivity index (χ1) is 12.5. The number of benzene rings is 2. The lowest BCUT2D eigenvalue weighted by molar-refractivity contribution is 0.584. The van der Waals surface area contributed by atoms with Gasteiger partial charge < -0.3 is 11.1 Å². The molecule has 3 N–H and O–H groups in total. The Labute approximate surface area is 157 Å². The van der Waals surface area contributed by atoms with Gasteiger partial charge in [0.25, 0.3) is 0 Å². The highest BCUT2D eigenvalue weighted by atomic mass is 35.5. The van der Waals surface area contributed by atoms with E-state index in [9.17, 15) is 8.78 Å². The standard InChI is InChI=1S/C19H12ClF2N3S/c20-14-9-11(4-5-15(14)21)25-17-13-3-1-2-12(18(13)26-19(17)23)10-6-7-24-16(22)8-10/h1-9,25H,23H2. The van der Waals surface area contributed by atoms with Crippen molar-refractivity contribution in [3.05, 3.63) is 71.5 Å². The first-order valence-electron chi connectivity index (χ1n) is 7.68. The molecule has 0 fully saturated rings. The number of aromatic nitrogens is 1. The number of pyridine rings is 1. The number of nitrogens with two attached hydrogens (primary N) is 1. The van der Waals surface area contributed by atoms with Gasteiger partial charge in [0.05, 0.1) is 10.7 Å². The van der Waals surface area contributed by atoms with Crippen LogP contribution >= 0.6 is 22.9 Å². The van der Waals surface area contributed by atoms with Crippen LogP contribution in [-0.2, 0) is 0 Å². The summed E-state index contributed by atoms with van der Waals surface area (Å²) in [6.07, 6.45) is 1.43. The summed E-state index contributed by atoms with van der Waals surface area (Å²) in [6.45, 7) is 0. The fourth-order valence-electron chi connectivity index (χ4n) is 2.78. The topological polar surface area (TPSA) is 50.9 Å². The zero-order chi connectivity index (χ0) is 18.3. The van der Waals surface area contributed by atoms with Crippen LogP contribution in [0.15, 0.2) is 54.7 Å². The summed E-state index contributed by atoms with van der Waals surface area (Å²) < 4.78 is 27.8. The molecule has 0 aliphatic carbocycles. The minimum atomic E-state index is -0.539. The molecule has 4 aromatic rings. The number of nitrogens with one attached hydrogen (secondary N) is 1. The van der Waals surface area contributed by atoms with Crippen LogP contribution in [-0.4, -0.2) is 4.98 Å². The molecule has 130 valence electrons. The fourth-order valence-corrected chi connectivity index (χ4v) is 4.02. The van der Waals surface area contributed by atoms with Gasteiger partial charge >= 0.3 is 0 Å². The van der Waals surface area contributed by atoms with E-state index in [1.54, 1.807) is 12.1 Å². The normalized spacial score (nSPS) is 11.0. The molecule has 0 spiro atoms. The summed E-state index contributed by atoms with van der Waals surface area (Å²) in [6, 6.07) is 13.2. The molecule has 3 nitrogen and oxygen atoms in total. The van der Waals surface area contributed by atoms with Crippen molar-refractivity contribution in [2.24, 2.45) is 0 Å². The molecule has 0 aliphatic rings. The molecule has 4 rings (SSSR count). The lowest BCUT2D eigenvalue weighted by Gasteiger charge is -2.08. The Bertz CT molecular complexity index is 1130. The Morgan fingerprint density at radius 1 is 1.08 bits per heavy atom. The Kier molecular flexibility index (Phi) is 4.22. The van der Waals surface area contributed by atoms with Crippen molar-refractivity contribution < 1.29 is 8.78 Å². The molecule has 0 saturated heterocycles. The van der Waals surface area contributed by atoms with Crippen LogP contribution in [0.1, 0.15) is 0 Å². The van der Waals surface area contributed by atoms with Gasteiger partial charge in [-0.15, -0.1) is 11.3 Å². The number of thiophene rings is 1. The van der Waals surface area contributed by atoms with Crippen molar-refractivity contribution in [1.29, 1.82) is 0 Å². The molecule has 26 heavy (non-hydrogen) atoms. The van der Waals surface area contributed by atoms with Gasteiger partial charge in [-0.1, -0.05) is 29.8 Å². The van der Waals surface area contributed by atoms with Gasteiger partial charge in [0.1, 0.15) is 10.8 Å². The van der Waals surface area contributed by atoms with Crippen LogP contribution in [0.2, 0.25) is 5.02 Å². The minimum Gasteiger partial charge on any atom is -0.389 e. The number of rotatable bonds is 3. The summed E-state index contributed by atoms with van der Waals surface area (Å²) >= 11 is 7.25. The quantitative estimate of drug-likeness (QED) is 0.410. The number of hydrogen-bond acceptors (Lipinski definition) is 4. The van der Waals surface area contributed by atoms with Crippen LogP contribution in [0.25, 0.3) is 21.2 Å². The maximum absolute atomic E-state index is 13.5. The van der Waals surface area contributed by atoms with Gasteiger partial charge in [-0.2, -0.15) is 4.39 Å². The van der Waals surface area contributed by atoms with E-state index in [0.29, 0.717) is 16.4 Å². The number of halogens is 3. The van der Waals surface area contributed by atoms with E-state index in [1.165, 1.54) is 35.7 Å². The van der Waals surface area contributed by atoms with E-state index >= 15 is 0 Å². The second-order valence-electron chi connectivity index (χ2n) is 5.64. The first-order valence-corrected chi connectivity index (χ1v) is 8.87. The predicted molar refractivity (Wildman–Crippen MR) is 104 cm³/mol. The number of hydrogen-bond donors (Lipinski definition) is 2. The molecule has 0 amide bonds. The summed E-state index contributed by atoms with van der Waals surface area (Å²) in [7, 11) is 0. The summed E-state index contributed by atoms with van der Waals surface area (Å²) in [5.74, 6) is -1.02. The van der Waals surface area contributed by atoms with Crippen molar-refractivity contribution in [2.75, 3.05) is 11.1 Å². The summed E-state index contributed by atoms with van der Waals surface area (Å²) in [4.78, 5) is 3.60. The number of anilines is 3. The average molecular weight is 388 g/mol. The molecule has 7 heteroatoms. The van der Waals surface area contributed by atoms with E-state index in [4.69, 9.17) is 17.3 Å². The van der Waals surface area contributed by atoms with E-state index in [0.717, 1.165) is 21.2 Å². The highest BCUT2D eigenvalue weighted by Crippen LogP contribution is 2.44. The first kappa shape index (κ1) is 16.8.